The third-order valence-corrected chi connectivity index (χ3v) is 5.13. The van der Waals surface area contributed by atoms with Crippen molar-refractivity contribution in [3.8, 4) is 0 Å². The lowest BCUT2D eigenvalue weighted by Crippen LogP contribution is -2.30. The summed E-state index contributed by atoms with van der Waals surface area (Å²) in [6, 6.07) is 9.15. The molecule has 0 aliphatic carbocycles. The second-order valence-electron chi connectivity index (χ2n) is 5.83. The molecule has 28 heavy (non-hydrogen) atoms. The summed E-state index contributed by atoms with van der Waals surface area (Å²) >= 11 is 0. The number of aliphatic carboxylic acids is 1. The minimum atomic E-state index is -4.13. The first kappa shape index (κ1) is 21.0. The van der Waals surface area contributed by atoms with Crippen LogP contribution in [0.4, 0.5) is 11.4 Å². The quantitative estimate of drug-likeness (QED) is 0.446. The van der Waals surface area contributed by atoms with E-state index in [0.29, 0.717) is 5.69 Å². The minimum Gasteiger partial charge on any atom is -0.481 e. The summed E-state index contributed by atoms with van der Waals surface area (Å²) in [5, 5.41) is 22.5. The Bertz CT molecular complexity index is 1000. The lowest BCUT2D eigenvalue weighted by Gasteiger charge is -2.17. The fraction of sp³-hybridized carbons (Fsp3) is 0.176. The van der Waals surface area contributed by atoms with Crippen molar-refractivity contribution in [2.24, 2.45) is 0 Å². The molecule has 0 saturated heterocycles. The number of sulfonamides is 1. The van der Waals surface area contributed by atoms with E-state index in [1.54, 1.807) is 0 Å². The number of nitrogens with zero attached hydrogens (tertiary/aromatic N) is 1. The molecule has 0 heterocycles. The Labute approximate surface area is 160 Å². The van der Waals surface area contributed by atoms with Gasteiger partial charge in [0, 0.05) is 24.7 Å². The van der Waals surface area contributed by atoms with Crippen LogP contribution >= 0.6 is 0 Å². The van der Waals surface area contributed by atoms with E-state index in [4.69, 9.17) is 5.11 Å². The van der Waals surface area contributed by atoms with E-state index in [1.807, 2.05) is 0 Å². The van der Waals surface area contributed by atoms with Crippen molar-refractivity contribution >= 4 is 33.3 Å². The zero-order valence-corrected chi connectivity index (χ0v) is 15.5. The number of carboxylic acids is 1. The van der Waals surface area contributed by atoms with E-state index in [9.17, 15) is 28.1 Å². The van der Waals surface area contributed by atoms with Crippen LogP contribution in [0.25, 0.3) is 0 Å². The third-order valence-electron chi connectivity index (χ3n) is 3.64. The first-order valence-electron chi connectivity index (χ1n) is 7.94. The number of hydrogen-bond acceptors (Lipinski definition) is 6. The predicted octanol–water partition coefficient (Wildman–Crippen LogP) is 2.05. The fourth-order valence-electron chi connectivity index (χ4n) is 2.43. The van der Waals surface area contributed by atoms with Crippen LogP contribution < -0.4 is 10.0 Å². The third kappa shape index (κ3) is 5.59. The number of anilines is 1. The van der Waals surface area contributed by atoms with Gasteiger partial charge in [0.25, 0.3) is 5.69 Å². The largest absolute Gasteiger partial charge is 0.481 e. The molecule has 0 spiro atoms. The molecule has 10 nitrogen and oxygen atoms in total. The average Bonchev–Trinajstić information content (AvgIpc) is 2.60. The maximum atomic E-state index is 12.6. The molecule has 2 aromatic carbocycles. The molecule has 0 fully saturated rings. The number of nitro groups is 1. The van der Waals surface area contributed by atoms with Crippen molar-refractivity contribution in [2.75, 3.05) is 5.32 Å². The van der Waals surface area contributed by atoms with Crippen molar-refractivity contribution in [3.63, 3.8) is 0 Å². The molecule has 1 atom stereocenters. The Morgan fingerprint density at radius 2 is 1.82 bits per heavy atom. The van der Waals surface area contributed by atoms with Crippen molar-refractivity contribution in [3.05, 3.63) is 64.2 Å². The normalized spacial score (nSPS) is 12.2. The van der Waals surface area contributed by atoms with Gasteiger partial charge < -0.3 is 10.4 Å². The highest BCUT2D eigenvalue weighted by Crippen LogP contribution is 2.24. The van der Waals surface area contributed by atoms with E-state index < -0.39 is 33.4 Å². The number of amides is 1. The molecule has 0 aliphatic heterocycles. The van der Waals surface area contributed by atoms with Crippen LogP contribution in [0.1, 0.15) is 24.9 Å². The summed E-state index contributed by atoms with van der Waals surface area (Å²) in [4.78, 5) is 32.3. The molecule has 2 rings (SSSR count). The van der Waals surface area contributed by atoms with E-state index in [-0.39, 0.29) is 22.1 Å². The summed E-state index contributed by atoms with van der Waals surface area (Å²) in [7, 11) is -4.13. The predicted molar refractivity (Wildman–Crippen MR) is 99.2 cm³/mol. The maximum Gasteiger partial charge on any atom is 0.305 e. The number of nitro benzene ring substituents is 1. The van der Waals surface area contributed by atoms with Gasteiger partial charge in [-0.15, -0.1) is 0 Å². The molecule has 0 radical (unpaired) electrons. The molecule has 1 amide bonds. The lowest BCUT2D eigenvalue weighted by atomic mass is 10.0. The molecule has 148 valence electrons. The standard InChI is InChI=1S/C17H17N3O7S/c1-11(21)18-13-5-7-15(8-6-13)28(26,27)19-16(10-17(22)23)12-3-2-4-14(9-12)20(24)25/h2-9,16,19H,10H2,1H3,(H,18,21)(H,22,23). The van der Waals surface area contributed by atoms with Gasteiger partial charge in [-0.2, -0.15) is 0 Å². The Hall–Kier alpha value is -3.31. The molecule has 0 aliphatic rings. The molecule has 1 unspecified atom stereocenters. The van der Waals surface area contributed by atoms with Crippen LogP contribution in [-0.4, -0.2) is 30.3 Å². The molecular formula is C17H17N3O7S. The summed E-state index contributed by atoms with van der Waals surface area (Å²) < 4.78 is 27.5. The zero-order chi connectivity index (χ0) is 20.9. The molecular weight excluding hydrogens is 390 g/mol. The second-order valence-corrected chi connectivity index (χ2v) is 7.54. The van der Waals surface area contributed by atoms with Gasteiger partial charge in [-0.1, -0.05) is 12.1 Å². The highest BCUT2D eigenvalue weighted by atomic mass is 32.2. The number of benzene rings is 2. The summed E-state index contributed by atoms with van der Waals surface area (Å²) in [6.45, 7) is 1.31. The van der Waals surface area contributed by atoms with Gasteiger partial charge in [0.2, 0.25) is 15.9 Å². The Morgan fingerprint density at radius 1 is 1.18 bits per heavy atom. The molecule has 11 heteroatoms. The number of rotatable bonds is 8. The highest BCUT2D eigenvalue weighted by Gasteiger charge is 2.25. The van der Waals surface area contributed by atoms with Gasteiger partial charge in [0.15, 0.2) is 0 Å². The first-order chi connectivity index (χ1) is 13.1. The Balaban J connectivity index is 2.32. The van der Waals surface area contributed by atoms with Crippen LogP contribution in [-0.2, 0) is 19.6 Å². The number of carbonyl (C=O) groups excluding carboxylic acids is 1. The second kappa shape index (κ2) is 8.59. The van der Waals surface area contributed by atoms with Crippen molar-refractivity contribution in [1.29, 1.82) is 0 Å². The minimum absolute atomic E-state index is 0.148. The van der Waals surface area contributed by atoms with Crippen molar-refractivity contribution in [1.82, 2.24) is 4.72 Å². The average molecular weight is 407 g/mol. The summed E-state index contributed by atoms with van der Waals surface area (Å²) in [5.74, 6) is -1.60. The topological polar surface area (TPSA) is 156 Å². The van der Waals surface area contributed by atoms with E-state index in [2.05, 4.69) is 10.0 Å². The summed E-state index contributed by atoms with van der Waals surface area (Å²) in [6.07, 6.45) is -0.607. The van der Waals surface area contributed by atoms with Gasteiger partial charge in [0.1, 0.15) is 0 Å². The number of carbonyl (C=O) groups is 2. The molecule has 0 bridgehead atoms. The SMILES string of the molecule is CC(=O)Nc1ccc(S(=O)(=O)NC(CC(=O)O)c2cccc([N+](=O)[O-])c2)cc1. The van der Waals surface area contributed by atoms with Gasteiger partial charge in [-0.05, 0) is 29.8 Å². The fourth-order valence-corrected chi connectivity index (χ4v) is 3.66. The lowest BCUT2D eigenvalue weighted by molar-refractivity contribution is -0.384. The van der Waals surface area contributed by atoms with Crippen LogP contribution in [0.3, 0.4) is 0 Å². The monoisotopic (exact) mass is 407 g/mol. The van der Waals surface area contributed by atoms with Gasteiger partial charge in [-0.25, -0.2) is 13.1 Å². The Kier molecular flexibility index (Phi) is 6.44. The smallest absolute Gasteiger partial charge is 0.305 e. The van der Waals surface area contributed by atoms with E-state index >= 15 is 0 Å². The Morgan fingerprint density at radius 3 is 2.36 bits per heavy atom. The highest BCUT2D eigenvalue weighted by molar-refractivity contribution is 7.89. The zero-order valence-electron chi connectivity index (χ0n) is 14.7. The first-order valence-corrected chi connectivity index (χ1v) is 9.43. The van der Waals surface area contributed by atoms with Crippen LogP contribution in [0.15, 0.2) is 53.4 Å². The number of nitrogens with one attached hydrogen (secondary N) is 2. The number of hydrogen-bond donors (Lipinski definition) is 3. The van der Waals surface area contributed by atoms with Crippen LogP contribution in [0.2, 0.25) is 0 Å². The molecule has 3 N–H and O–H groups in total. The molecule has 0 saturated carbocycles. The van der Waals surface area contributed by atoms with Crippen molar-refractivity contribution < 1.29 is 28.0 Å². The van der Waals surface area contributed by atoms with E-state index in [1.165, 1.54) is 49.4 Å². The number of carboxylic acid groups (broad SMARTS) is 1. The van der Waals surface area contributed by atoms with Gasteiger partial charge >= 0.3 is 5.97 Å². The van der Waals surface area contributed by atoms with Crippen molar-refractivity contribution in [2.45, 2.75) is 24.3 Å². The van der Waals surface area contributed by atoms with Crippen LogP contribution in [0, 0.1) is 10.1 Å². The maximum absolute atomic E-state index is 12.6. The molecule has 2 aromatic rings. The van der Waals surface area contributed by atoms with E-state index in [0.717, 1.165) is 6.07 Å². The van der Waals surface area contributed by atoms with Gasteiger partial charge in [0.05, 0.1) is 22.3 Å². The van der Waals surface area contributed by atoms with Crippen LogP contribution in [0.5, 0.6) is 0 Å². The summed E-state index contributed by atoms with van der Waals surface area (Å²) in [5.41, 5.74) is 0.258. The van der Waals surface area contributed by atoms with Gasteiger partial charge in [-0.3, -0.25) is 19.7 Å². The number of non-ortho nitro benzene ring substituents is 1. The molecule has 0 aromatic heterocycles.